The van der Waals surface area contributed by atoms with Gasteiger partial charge in [-0.15, -0.1) is 5.10 Å². The van der Waals surface area contributed by atoms with Crippen molar-refractivity contribution in [2.45, 2.75) is 19.3 Å². The van der Waals surface area contributed by atoms with Crippen molar-refractivity contribution in [2.24, 2.45) is 0 Å². The van der Waals surface area contributed by atoms with E-state index < -0.39 is 0 Å². The minimum Gasteiger partial charge on any atom is -0.384 e. The normalized spacial score (nSPS) is 16.6. The lowest BCUT2D eigenvalue weighted by molar-refractivity contribution is 0.337. The van der Waals surface area contributed by atoms with Crippen molar-refractivity contribution < 1.29 is 0 Å². The molecule has 1 fully saturated rings. The highest BCUT2D eigenvalue weighted by Gasteiger charge is 2.09. The molecule has 4 nitrogen and oxygen atoms in total. The summed E-state index contributed by atoms with van der Waals surface area (Å²) in [5.41, 5.74) is 0.946. The Morgan fingerprint density at radius 3 is 2.94 bits per heavy atom. The highest BCUT2D eigenvalue weighted by molar-refractivity contribution is 6.29. The number of aromatic nitrogens is 2. The van der Waals surface area contributed by atoms with Crippen LogP contribution in [-0.4, -0.2) is 41.3 Å². The largest absolute Gasteiger partial charge is 0.384 e. The van der Waals surface area contributed by atoms with Crippen molar-refractivity contribution in [3.8, 4) is 0 Å². The Bertz CT molecular complexity index is 326. The van der Waals surface area contributed by atoms with Crippen molar-refractivity contribution in [2.75, 3.05) is 31.5 Å². The molecule has 1 aromatic heterocycles. The maximum absolute atomic E-state index is 5.74. The van der Waals surface area contributed by atoms with Crippen molar-refractivity contribution in [1.29, 1.82) is 0 Å². The molecule has 0 aromatic carbocycles. The molecular formula is C11H17ClN4. The molecule has 0 spiro atoms. The Morgan fingerprint density at radius 2 is 2.19 bits per heavy atom. The SMILES string of the molecule is Clc1cc(NCCCN2CCCC2)cnn1. The zero-order chi connectivity index (χ0) is 11.2. The zero-order valence-corrected chi connectivity index (χ0v) is 10.1. The van der Waals surface area contributed by atoms with Crippen LogP contribution < -0.4 is 5.32 Å². The maximum atomic E-state index is 5.74. The number of likely N-dealkylation sites (tertiary alicyclic amines) is 1. The third-order valence-electron chi connectivity index (χ3n) is 2.80. The molecule has 0 bridgehead atoms. The van der Waals surface area contributed by atoms with Gasteiger partial charge in [-0.3, -0.25) is 0 Å². The molecule has 1 aromatic rings. The first kappa shape index (κ1) is 11.6. The van der Waals surface area contributed by atoms with E-state index in [-0.39, 0.29) is 0 Å². The number of rotatable bonds is 5. The Labute approximate surface area is 101 Å². The van der Waals surface area contributed by atoms with E-state index in [1.54, 1.807) is 12.3 Å². The highest BCUT2D eigenvalue weighted by Crippen LogP contribution is 2.10. The lowest BCUT2D eigenvalue weighted by Gasteiger charge is -2.14. The topological polar surface area (TPSA) is 41.0 Å². The first-order chi connectivity index (χ1) is 7.84. The second-order valence-electron chi connectivity index (χ2n) is 4.10. The molecule has 0 radical (unpaired) electrons. The highest BCUT2D eigenvalue weighted by atomic mass is 35.5. The molecule has 16 heavy (non-hydrogen) atoms. The summed E-state index contributed by atoms with van der Waals surface area (Å²) in [4.78, 5) is 2.51. The van der Waals surface area contributed by atoms with E-state index in [1.165, 1.54) is 32.5 Å². The van der Waals surface area contributed by atoms with Crippen LogP contribution in [0, 0.1) is 0 Å². The molecule has 5 heteroatoms. The van der Waals surface area contributed by atoms with Crippen LogP contribution in [0.3, 0.4) is 0 Å². The first-order valence-corrected chi connectivity index (χ1v) is 6.17. The second-order valence-corrected chi connectivity index (χ2v) is 4.48. The predicted octanol–water partition coefficient (Wildman–Crippen LogP) is 2.03. The third kappa shape index (κ3) is 3.61. The van der Waals surface area contributed by atoms with Gasteiger partial charge in [0.15, 0.2) is 5.15 Å². The average molecular weight is 241 g/mol. The molecule has 2 heterocycles. The second kappa shape index (κ2) is 6.01. The Morgan fingerprint density at radius 1 is 1.38 bits per heavy atom. The minimum absolute atomic E-state index is 0.435. The van der Waals surface area contributed by atoms with Crippen molar-refractivity contribution in [3.05, 3.63) is 17.4 Å². The van der Waals surface area contributed by atoms with Gasteiger partial charge in [0.25, 0.3) is 0 Å². The molecule has 2 rings (SSSR count). The van der Waals surface area contributed by atoms with Crippen LogP contribution in [-0.2, 0) is 0 Å². The van der Waals surface area contributed by atoms with E-state index in [1.807, 2.05) is 0 Å². The fourth-order valence-electron chi connectivity index (χ4n) is 1.98. The van der Waals surface area contributed by atoms with Gasteiger partial charge in [-0.05, 0) is 38.9 Å². The quantitative estimate of drug-likeness (QED) is 0.800. The minimum atomic E-state index is 0.435. The lowest BCUT2D eigenvalue weighted by atomic mass is 10.3. The summed E-state index contributed by atoms with van der Waals surface area (Å²) < 4.78 is 0. The van der Waals surface area contributed by atoms with E-state index in [4.69, 9.17) is 11.6 Å². The zero-order valence-electron chi connectivity index (χ0n) is 9.32. The fraction of sp³-hybridized carbons (Fsp3) is 0.636. The fourth-order valence-corrected chi connectivity index (χ4v) is 2.14. The van der Waals surface area contributed by atoms with Crippen molar-refractivity contribution in [3.63, 3.8) is 0 Å². The number of hydrogen-bond donors (Lipinski definition) is 1. The van der Waals surface area contributed by atoms with Crippen LogP contribution in [0.5, 0.6) is 0 Å². The third-order valence-corrected chi connectivity index (χ3v) is 2.99. The van der Waals surface area contributed by atoms with Gasteiger partial charge in [-0.2, -0.15) is 5.10 Å². The van der Waals surface area contributed by atoms with Gasteiger partial charge in [0, 0.05) is 12.6 Å². The molecule has 1 N–H and O–H groups in total. The van der Waals surface area contributed by atoms with Gasteiger partial charge in [0.05, 0.1) is 11.9 Å². The van der Waals surface area contributed by atoms with E-state index in [0.717, 1.165) is 18.7 Å². The van der Waals surface area contributed by atoms with E-state index in [0.29, 0.717) is 5.15 Å². The van der Waals surface area contributed by atoms with Crippen LogP contribution in [0.15, 0.2) is 12.3 Å². The molecule has 1 aliphatic rings. The van der Waals surface area contributed by atoms with Gasteiger partial charge >= 0.3 is 0 Å². The monoisotopic (exact) mass is 240 g/mol. The van der Waals surface area contributed by atoms with Crippen molar-refractivity contribution >= 4 is 17.3 Å². The molecular weight excluding hydrogens is 224 g/mol. The van der Waals surface area contributed by atoms with E-state index in [9.17, 15) is 0 Å². The molecule has 0 amide bonds. The number of hydrogen-bond acceptors (Lipinski definition) is 4. The summed E-state index contributed by atoms with van der Waals surface area (Å²) in [6, 6.07) is 1.80. The maximum Gasteiger partial charge on any atom is 0.153 e. The molecule has 0 aliphatic carbocycles. The summed E-state index contributed by atoms with van der Waals surface area (Å²) in [7, 11) is 0. The molecule has 88 valence electrons. The van der Waals surface area contributed by atoms with E-state index >= 15 is 0 Å². The van der Waals surface area contributed by atoms with Gasteiger partial charge < -0.3 is 10.2 Å². The van der Waals surface area contributed by atoms with Crippen LogP contribution >= 0.6 is 11.6 Å². The van der Waals surface area contributed by atoms with Gasteiger partial charge in [-0.25, -0.2) is 0 Å². The summed E-state index contributed by atoms with van der Waals surface area (Å²) >= 11 is 5.74. The number of nitrogens with one attached hydrogen (secondary N) is 1. The predicted molar refractivity (Wildman–Crippen MR) is 65.8 cm³/mol. The Hall–Kier alpha value is -0.870. The number of nitrogens with zero attached hydrogens (tertiary/aromatic N) is 3. The first-order valence-electron chi connectivity index (χ1n) is 5.79. The van der Waals surface area contributed by atoms with Gasteiger partial charge in [0.2, 0.25) is 0 Å². The van der Waals surface area contributed by atoms with Crippen molar-refractivity contribution in [1.82, 2.24) is 15.1 Å². The summed E-state index contributed by atoms with van der Waals surface area (Å²) in [5.74, 6) is 0. The van der Waals surface area contributed by atoms with Crippen LogP contribution in [0.4, 0.5) is 5.69 Å². The molecule has 1 aliphatic heterocycles. The molecule has 1 saturated heterocycles. The molecule has 0 atom stereocenters. The van der Waals surface area contributed by atoms with Crippen LogP contribution in [0.1, 0.15) is 19.3 Å². The Kier molecular flexibility index (Phi) is 4.36. The average Bonchev–Trinajstić information content (AvgIpc) is 2.77. The standard InChI is InChI=1S/C11H17ClN4/c12-11-8-10(9-14-15-11)13-4-3-7-16-5-1-2-6-16/h8-9H,1-7H2,(H,13,15). The van der Waals surface area contributed by atoms with E-state index in [2.05, 4.69) is 20.4 Å². The molecule has 0 saturated carbocycles. The Balaban J connectivity index is 1.64. The van der Waals surface area contributed by atoms with Crippen LogP contribution in [0.25, 0.3) is 0 Å². The number of anilines is 1. The number of halogens is 1. The summed E-state index contributed by atoms with van der Waals surface area (Å²) in [6.07, 6.45) is 5.57. The van der Waals surface area contributed by atoms with Gasteiger partial charge in [0.1, 0.15) is 0 Å². The molecule has 0 unspecified atom stereocenters. The smallest absolute Gasteiger partial charge is 0.153 e. The summed E-state index contributed by atoms with van der Waals surface area (Å²) in [6.45, 7) is 4.67. The van der Waals surface area contributed by atoms with Crippen LogP contribution in [0.2, 0.25) is 5.15 Å². The summed E-state index contributed by atoms with van der Waals surface area (Å²) in [5, 5.41) is 11.2. The van der Waals surface area contributed by atoms with Gasteiger partial charge in [-0.1, -0.05) is 11.6 Å². The lowest BCUT2D eigenvalue weighted by Crippen LogP contribution is -2.22.